The van der Waals surface area contributed by atoms with Crippen LogP contribution in [0.15, 0.2) is 48.5 Å². The molecule has 2 aromatic carbocycles. The van der Waals surface area contributed by atoms with Crippen LogP contribution in [-0.4, -0.2) is 29.3 Å². The molecule has 0 aromatic heterocycles. The number of rotatable bonds is 6. The third kappa shape index (κ3) is 4.61. The monoisotopic (exact) mass is 395 g/mol. The minimum absolute atomic E-state index is 0.0282. The Morgan fingerprint density at radius 1 is 0.931 bits per heavy atom. The molecule has 0 bridgehead atoms. The highest BCUT2D eigenvalue weighted by atomic mass is 16.5. The zero-order valence-electron chi connectivity index (χ0n) is 17.5. The van der Waals surface area contributed by atoms with Crippen LogP contribution >= 0.6 is 0 Å². The van der Waals surface area contributed by atoms with Gasteiger partial charge < -0.3 is 15.2 Å². The van der Waals surface area contributed by atoms with E-state index in [1.165, 1.54) is 6.92 Å². The minimum Gasteiger partial charge on any atom is -0.480 e. The molecule has 1 aliphatic carbocycles. The van der Waals surface area contributed by atoms with Gasteiger partial charge in [-0.1, -0.05) is 69.3 Å². The smallest absolute Gasteiger partial charge is 0.408 e. The lowest BCUT2D eigenvalue weighted by Crippen LogP contribution is -2.52. The van der Waals surface area contributed by atoms with E-state index >= 15 is 0 Å². The SMILES string of the molecule is CC(C)(C)CCC(C)(NC(=O)OCC1c2ccccc2-c2ccccc21)C(=O)O. The zero-order valence-corrected chi connectivity index (χ0v) is 17.5. The lowest BCUT2D eigenvalue weighted by Gasteiger charge is -2.29. The summed E-state index contributed by atoms with van der Waals surface area (Å²) in [5, 5.41) is 12.2. The molecular weight excluding hydrogens is 366 g/mol. The van der Waals surface area contributed by atoms with Crippen LogP contribution in [0.4, 0.5) is 4.79 Å². The molecule has 5 nitrogen and oxygen atoms in total. The fraction of sp³-hybridized carbons (Fsp3) is 0.417. The fourth-order valence-electron chi connectivity index (χ4n) is 3.71. The molecule has 2 N–H and O–H groups in total. The van der Waals surface area contributed by atoms with Crippen LogP contribution < -0.4 is 5.32 Å². The summed E-state index contributed by atoms with van der Waals surface area (Å²) in [4.78, 5) is 24.3. The lowest BCUT2D eigenvalue weighted by molar-refractivity contribution is -0.144. The van der Waals surface area contributed by atoms with Crippen LogP contribution in [0.25, 0.3) is 11.1 Å². The van der Waals surface area contributed by atoms with Crippen molar-refractivity contribution >= 4 is 12.1 Å². The van der Waals surface area contributed by atoms with Gasteiger partial charge in [0, 0.05) is 5.92 Å². The number of aliphatic carboxylic acids is 1. The van der Waals surface area contributed by atoms with Crippen molar-refractivity contribution in [2.75, 3.05) is 6.61 Å². The van der Waals surface area contributed by atoms with E-state index in [2.05, 4.69) is 17.4 Å². The molecular formula is C24H29NO4. The third-order valence-corrected chi connectivity index (χ3v) is 5.57. The predicted octanol–water partition coefficient (Wildman–Crippen LogP) is 5.19. The van der Waals surface area contributed by atoms with Gasteiger partial charge in [-0.15, -0.1) is 0 Å². The van der Waals surface area contributed by atoms with Crippen molar-refractivity contribution in [1.82, 2.24) is 5.32 Å². The molecule has 0 saturated heterocycles. The summed E-state index contributed by atoms with van der Waals surface area (Å²) in [5.41, 5.74) is 3.15. The zero-order chi connectivity index (χ0) is 21.2. The lowest BCUT2D eigenvalue weighted by atomic mass is 9.84. The van der Waals surface area contributed by atoms with Gasteiger partial charge in [0.2, 0.25) is 0 Å². The van der Waals surface area contributed by atoms with Gasteiger partial charge in [0.25, 0.3) is 0 Å². The molecule has 1 atom stereocenters. The summed E-state index contributed by atoms with van der Waals surface area (Å²) in [6, 6.07) is 16.2. The fourth-order valence-corrected chi connectivity index (χ4v) is 3.71. The third-order valence-electron chi connectivity index (χ3n) is 5.57. The van der Waals surface area contributed by atoms with Crippen molar-refractivity contribution < 1.29 is 19.4 Å². The number of carbonyl (C=O) groups is 2. The first-order valence-corrected chi connectivity index (χ1v) is 9.97. The van der Waals surface area contributed by atoms with Gasteiger partial charge in [0.05, 0.1) is 0 Å². The van der Waals surface area contributed by atoms with Crippen LogP contribution in [0.5, 0.6) is 0 Å². The van der Waals surface area contributed by atoms with E-state index in [0.717, 1.165) is 22.3 Å². The molecule has 1 aliphatic rings. The standard InChI is InChI=1S/C24H29NO4/c1-23(2,3)13-14-24(4,21(26)27)25-22(28)29-15-20-18-11-7-5-9-16(18)17-10-6-8-12-19(17)20/h5-12,20H,13-15H2,1-4H3,(H,25,28)(H,26,27). The summed E-state index contributed by atoms with van der Waals surface area (Å²) in [5.74, 6) is -1.12. The van der Waals surface area contributed by atoms with Gasteiger partial charge in [0.1, 0.15) is 12.1 Å². The maximum absolute atomic E-state index is 12.5. The van der Waals surface area contributed by atoms with Gasteiger partial charge in [0.15, 0.2) is 0 Å². The molecule has 154 valence electrons. The molecule has 0 fully saturated rings. The number of carboxylic acids is 1. The van der Waals surface area contributed by atoms with Gasteiger partial charge in [-0.2, -0.15) is 0 Å². The highest BCUT2D eigenvalue weighted by molar-refractivity contribution is 5.84. The molecule has 2 aromatic rings. The number of fused-ring (bicyclic) bond motifs is 3. The van der Waals surface area contributed by atoms with E-state index in [1.807, 2.05) is 57.2 Å². The number of nitrogens with one attached hydrogen (secondary N) is 1. The van der Waals surface area contributed by atoms with Crippen molar-refractivity contribution in [3.63, 3.8) is 0 Å². The van der Waals surface area contributed by atoms with E-state index in [4.69, 9.17) is 4.74 Å². The quantitative estimate of drug-likeness (QED) is 0.705. The Balaban J connectivity index is 1.70. The number of carboxylic acid groups (broad SMARTS) is 1. The average Bonchev–Trinajstić information content (AvgIpc) is 2.98. The number of hydrogen-bond acceptors (Lipinski definition) is 3. The average molecular weight is 395 g/mol. The molecule has 0 heterocycles. The number of alkyl carbamates (subject to hydrolysis) is 1. The van der Waals surface area contributed by atoms with Crippen LogP contribution in [-0.2, 0) is 9.53 Å². The number of carbonyl (C=O) groups excluding carboxylic acids is 1. The highest BCUT2D eigenvalue weighted by Gasteiger charge is 2.37. The van der Waals surface area contributed by atoms with Crippen molar-refractivity contribution in [2.45, 2.75) is 52.0 Å². The van der Waals surface area contributed by atoms with Gasteiger partial charge in [-0.3, -0.25) is 0 Å². The van der Waals surface area contributed by atoms with E-state index in [0.29, 0.717) is 12.8 Å². The topological polar surface area (TPSA) is 75.6 Å². The Morgan fingerprint density at radius 2 is 1.45 bits per heavy atom. The van der Waals surface area contributed by atoms with Crippen LogP contribution in [0.3, 0.4) is 0 Å². The summed E-state index contributed by atoms with van der Waals surface area (Å²) < 4.78 is 5.50. The van der Waals surface area contributed by atoms with Crippen LogP contribution in [0.1, 0.15) is 57.6 Å². The Bertz CT molecular complexity index is 870. The number of amides is 1. The van der Waals surface area contributed by atoms with Gasteiger partial charge in [-0.05, 0) is 47.4 Å². The Hall–Kier alpha value is -2.82. The largest absolute Gasteiger partial charge is 0.480 e. The molecule has 0 saturated carbocycles. The van der Waals surface area contributed by atoms with Gasteiger partial charge >= 0.3 is 12.1 Å². The molecule has 5 heteroatoms. The first-order chi connectivity index (χ1) is 13.6. The van der Waals surface area contributed by atoms with E-state index < -0.39 is 17.6 Å². The molecule has 0 spiro atoms. The second-order valence-electron chi connectivity index (χ2n) is 9.15. The van der Waals surface area contributed by atoms with Gasteiger partial charge in [-0.25, -0.2) is 9.59 Å². The molecule has 0 aliphatic heterocycles. The maximum Gasteiger partial charge on any atom is 0.408 e. The Labute approximate surface area is 172 Å². The second kappa shape index (κ2) is 7.90. The van der Waals surface area contributed by atoms with Crippen molar-refractivity contribution in [3.8, 4) is 11.1 Å². The Kier molecular flexibility index (Phi) is 5.69. The number of ether oxygens (including phenoxy) is 1. The normalized spacial score (nSPS) is 15.2. The molecule has 29 heavy (non-hydrogen) atoms. The molecule has 1 unspecified atom stereocenters. The Morgan fingerprint density at radius 3 is 1.93 bits per heavy atom. The summed E-state index contributed by atoms with van der Waals surface area (Å²) in [6.45, 7) is 7.82. The summed E-state index contributed by atoms with van der Waals surface area (Å²) in [7, 11) is 0. The van der Waals surface area contributed by atoms with Crippen LogP contribution in [0.2, 0.25) is 0 Å². The predicted molar refractivity (Wildman–Crippen MR) is 113 cm³/mol. The van der Waals surface area contributed by atoms with Crippen LogP contribution in [0, 0.1) is 5.41 Å². The number of benzene rings is 2. The van der Waals surface area contributed by atoms with Crippen molar-refractivity contribution in [3.05, 3.63) is 59.7 Å². The summed E-state index contributed by atoms with van der Waals surface area (Å²) in [6.07, 6.45) is 0.292. The minimum atomic E-state index is -1.37. The maximum atomic E-state index is 12.5. The summed E-state index contributed by atoms with van der Waals surface area (Å²) >= 11 is 0. The second-order valence-corrected chi connectivity index (χ2v) is 9.15. The first-order valence-electron chi connectivity index (χ1n) is 9.97. The molecule has 0 radical (unpaired) electrons. The first kappa shape index (κ1) is 20.9. The number of hydrogen-bond donors (Lipinski definition) is 2. The molecule has 1 amide bonds. The van der Waals surface area contributed by atoms with Crippen molar-refractivity contribution in [2.24, 2.45) is 5.41 Å². The highest BCUT2D eigenvalue weighted by Crippen LogP contribution is 2.44. The van der Waals surface area contributed by atoms with Crippen molar-refractivity contribution in [1.29, 1.82) is 0 Å². The van der Waals surface area contributed by atoms with E-state index in [9.17, 15) is 14.7 Å². The molecule has 3 rings (SSSR count). The van der Waals surface area contributed by atoms with E-state index in [-0.39, 0.29) is 17.9 Å². The van der Waals surface area contributed by atoms with E-state index in [1.54, 1.807) is 0 Å².